The van der Waals surface area contributed by atoms with E-state index in [0.717, 1.165) is 30.0 Å². The molecule has 0 unspecified atom stereocenters. The molecule has 0 aliphatic carbocycles. The van der Waals surface area contributed by atoms with Crippen LogP contribution in [0, 0.1) is 0 Å². The minimum Gasteiger partial charge on any atom is -0.249 e. The molecule has 2 rings (SSSR count). The fourth-order valence-corrected chi connectivity index (χ4v) is 3.73. The lowest BCUT2D eigenvalue weighted by molar-refractivity contribution is 0.681. The van der Waals surface area contributed by atoms with Gasteiger partial charge in [-0.15, -0.1) is 0 Å². The van der Waals surface area contributed by atoms with E-state index in [1.165, 1.54) is 0 Å². The molecular formula is C10H13NOS. The number of hydrogen-bond acceptors (Lipinski definition) is 2. The fraction of sp³-hybridized carbons (Fsp3) is 0.400. The molecule has 0 aromatic heterocycles. The molecule has 1 aromatic carbocycles. The van der Waals surface area contributed by atoms with Crippen molar-refractivity contribution in [2.24, 2.45) is 4.36 Å². The van der Waals surface area contributed by atoms with E-state index in [-0.39, 0.29) is 0 Å². The van der Waals surface area contributed by atoms with Crippen LogP contribution in [-0.4, -0.2) is 15.7 Å². The van der Waals surface area contributed by atoms with E-state index in [4.69, 9.17) is 0 Å². The van der Waals surface area contributed by atoms with Gasteiger partial charge >= 0.3 is 0 Å². The molecule has 1 aromatic rings. The van der Waals surface area contributed by atoms with Crippen molar-refractivity contribution in [2.45, 2.75) is 12.8 Å². The number of rotatable bonds is 1. The first-order chi connectivity index (χ1) is 6.29. The van der Waals surface area contributed by atoms with Crippen LogP contribution >= 0.6 is 0 Å². The van der Waals surface area contributed by atoms with Gasteiger partial charge in [-0.2, -0.15) is 4.36 Å². The molecule has 0 amide bonds. The Morgan fingerprint density at radius 3 is 2.31 bits per heavy atom. The molecule has 1 saturated heterocycles. The zero-order valence-electron chi connectivity index (χ0n) is 7.48. The van der Waals surface area contributed by atoms with Crippen molar-refractivity contribution in [3.63, 3.8) is 0 Å². The Labute approximate surface area is 79.2 Å². The Morgan fingerprint density at radius 2 is 1.69 bits per heavy atom. The summed E-state index contributed by atoms with van der Waals surface area (Å²) < 4.78 is 16.3. The number of nitrogens with zero attached hydrogens (tertiary/aromatic N) is 1. The Morgan fingerprint density at radius 1 is 1.08 bits per heavy atom. The van der Waals surface area contributed by atoms with E-state index >= 15 is 0 Å². The SMILES string of the molecule is O=S1(=Nc2ccccc2)CCCC1. The second kappa shape index (κ2) is 3.50. The lowest BCUT2D eigenvalue weighted by Gasteiger charge is -1.99. The van der Waals surface area contributed by atoms with E-state index in [2.05, 4.69) is 4.36 Å². The van der Waals surface area contributed by atoms with Gasteiger partial charge in [-0.3, -0.25) is 0 Å². The van der Waals surface area contributed by atoms with Crippen LogP contribution in [0.5, 0.6) is 0 Å². The highest BCUT2D eigenvalue weighted by atomic mass is 32.2. The van der Waals surface area contributed by atoms with Crippen molar-refractivity contribution >= 4 is 15.4 Å². The predicted molar refractivity (Wildman–Crippen MR) is 55.6 cm³/mol. The van der Waals surface area contributed by atoms with Crippen LogP contribution in [0.2, 0.25) is 0 Å². The average Bonchev–Trinajstić information content (AvgIpc) is 2.54. The summed E-state index contributed by atoms with van der Waals surface area (Å²) in [5.41, 5.74) is 0.856. The molecule has 0 saturated carbocycles. The van der Waals surface area contributed by atoms with Gasteiger partial charge in [0.25, 0.3) is 0 Å². The molecule has 0 N–H and O–H groups in total. The Bertz CT molecular complexity index is 379. The smallest absolute Gasteiger partial charge is 0.0730 e. The van der Waals surface area contributed by atoms with Crippen molar-refractivity contribution in [1.82, 2.24) is 0 Å². The highest BCUT2D eigenvalue weighted by Gasteiger charge is 2.15. The predicted octanol–water partition coefficient (Wildman–Crippen LogP) is 2.58. The molecule has 0 bridgehead atoms. The minimum atomic E-state index is -1.88. The third kappa shape index (κ3) is 2.10. The van der Waals surface area contributed by atoms with Gasteiger partial charge in [0, 0.05) is 11.5 Å². The molecule has 0 radical (unpaired) electrons. The van der Waals surface area contributed by atoms with Crippen molar-refractivity contribution in [3.8, 4) is 0 Å². The molecular weight excluding hydrogens is 182 g/mol. The summed E-state index contributed by atoms with van der Waals surface area (Å²) in [6.45, 7) is 0. The monoisotopic (exact) mass is 195 g/mol. The lowest BCUT2D eigenvalue weighted by Crippen LogP contribution is -1.99. The molecule has 13 heavy (non-hydrogen) atoms. The van der Waals surface area contributed by atoms with Crippen molar-refractivity contribution in [2.75, 3.05) is 11.5 Å². The quantitative estimate of drug-likeness (QED) is 0.677. The third-order valence-corrected chi connectivity index (χ3v) is 4.60. The first kappa shape index (κ1) is 8.75. The van der Waals surface area contributed by atoms with Gasteiger partial charge in [0.05, 0.1) is 15.4 Å². The number of hydrogen-bond donors (Lipinski definition) is 0. The summed E-state index contributed by atoms with van der Waals surface area (Å²) in [7, 11) is -1.88. The Balaban J connectivity index is 2.35. The maximum Gasteiger partial charge on any atom is 0.0730 e. The molecule has 1 aliphatic heterocycles. The highest BCUT2D eigenvalue weighted by Crippen LogP contribution is 2.19. The average molecular weight is 195 g/mol. The third-order valence-electron chi connectivity index (χ3n) is 2.20. The van der Waals surface area contributed by atoms with Gasteiger partial charge in [0.1, 0.15) is 0 Å². The van der Waals surface area contributed by atoms with Crippen LogP contribution < -0.4 is 0 Å². The maximum absolute atomic E-state index is 12.0. The molecule has 3 heteroatoms. The summed E-state index contributed by atoms with van der Waals surface area (Å²) in [6.07, 6.45) is 2.13. The molecule has 1 fully saturated rings. The standard InChI is InChI=1S/C10H13NOS/c12-13(8-4-5-9-13)11-10-6-2-1-3-7-10/h1-3,6-7H,4-5,8-9H2. The van der Waals surface area contributed by atoms with Crippen LogP contribution in [0.4, 0.5) is 5.69 Å². The topological polar surface area (TPSA) is 29.4 Å². The largest absolute Gasteiger partial charge is 0.249 e. The van der Waals surface area contributed by atoms with Gasteiger partial charge < -0.3 is 0 Å². The molecule has 2 nitrogen and oxygen atoms in total. The zero-order chi connectivity index (χ0) is 9.15. The molecule has 1 aliphatic rings. The van der Waals surface area contributed by atoms with Crippen LogP contribution in [0.1, 0.15) is 12.8 Å². The summed E-state index contributed by atoms with van der Waals surface area (Å²) >= 11 is 0. The lowest BCUT2D eigenvalue weighted by atomic mass is 10.3. The first-order valence-corrected chi connectivity index (χ1v) is 6.41. The molecule has 1 heterocycles. The summed E-state index contributed by atoms with van der Waals surface area (Å²) in [6, 6.07) is 9.61. The van der Waals surface area contributed by atoms with Gasteiger partial charge in [-0.05, 0) is 25.0 Å². The Hall–Kier alpha value is -0.830. The zero-order valence-corrected chi connectivity index (χ0v) is 8.30. The summed E-state index contributed by atoms with van der Waals surface area (Å²) in [5, 5.41) is 0. The molecule has 0 atom stereocenters. The van der Waals surface area contributed by atoms with E-state index in [1.807, 2.05) is 30.3 Å². The van der Waals surface area contributed by atoms with Crippen molar-refractivity contribution < 1.29 is 4.21 Å². The van der Waals surface area contributed by atoms with E-state index in [0.29, 0.717) is 0 Å². The minimum absolute atomic E-state index is 0.780. The Kier molecular flexibility index (Phi) is 2.36. The van der Waals surface area contributed by atoms with E-state index < -0.39 is 9.73 Å². The van der Waals surface area contributed by atoms with Crippen molar-refractivity contribution in [1.29, 1.82) is 0 Å². The molecule has 70 valence electrons. The van der Waals surface area contributed by atoms with E-state index in [9.17, 15) is 4.21 Å². The normalized spacial score (nSPS) is 20.0. The maximum atomic E-state index is 12.0. The van der Waals surface area contributed by atoms with Crippen LogP contribution in [0.25, 0.3) is 0 Å². The van der Waals surface area contributed by atoms with E-state index in [1.54, 1.807) is 0 Å². The summed E-state index contributed by atoms with van der Waals surface area (Å²) in [5.74, 6) is 1.56. The second-order valence-electron chi connectivity index (χ2n) is 3.31. The fourth-order valence-electron chi connectivity index (χ4n) is 1.53. The highest BCUT2D eigenvalue weighted by molar-refractivity contribution is 7.93. The van der Waals surface area contributed by atoms with Gasteiger partial charge in [0.15, 0.2) is 0 Å². The summed E-state index contributed by atoms with van der Waals surface area (Å²) in [4.78, 5) is 0. The van der Waals surface area contributed by atoms with Crippen LogP contribution in [0.15, 0.2) is 34.7 Å². The number of benzene rings is 1. The van der Waals surface area contributed by atoms with Gasteiger partial charge in [0.2, 0.25) is 0 Å². The second-order valence-corrected chi connectivity index (χ2v) is 5.86. The van der Waals surface area contributed by atoms with Crippen LogP contribution in [0.3, 0.4) is 0 Å². The molecule has 0 spiro atoms. The van der Waals surface area contributed by atoms with Gasteiger partial charge in [-0.1, -0.05) is 18.2 Å². The van der Waals surface area contributed by atoms with Gasteiger partial charge in [-0.25, -0.2) is 4.21 Å². The van der Waals surface area contributed by atoms with Crippen molar-refractivity contribution in [3.05, 3.63) is 30.3 Å². The van der Waals surface area contributed by atoms with Crippen LogP contribution in [-0.2, 0) is 9.73 Å². The first-order valence-electron chi connectivity index (χ1n) is 4.56.